The predicted molar refractivity (Wildman–Crippen MR) is 211 cm³/mol. The fraction of sp³-hybridized carbons (Fsp3) is 0.644. The molecule has 11 nitrogen and oxygen atoms in total. The number of ether oxygens (including phenoxy) is 6. The van der Waals surface area contributed by atoms with Crippen LogP contribution in [-0.2, 0) is 51.0 Å². The monoisotopic (exact) mass is 780 g/mol. The number of fused-ring (bicyclic) bond motifs is 2. The van der Waals surface area contributed by atoms with E-state index >= 15 is 0 Å². The van der Waals surface area contributed by atoms with Gasteiger partial charge in [-0.1, -0.05) is 33.8 Å². The third-order valence-corrected chi connectivity index (χ3v) is 12.0. The van der Waals surface area contributed by atoms with Crippen molar-refractivity contribution < 1.29 is 52.7 Å². The van der Waals surface area contributed by atoms with E-state index in [1.807, 2.05) is 94.4 Å². The molecule has 0 aromatic heterocycles. The Bertz CT molecular complexity index is 1710. The lowest BCUT2D eigenvalue weighted by molar-refractivity contribution is -0.169. The minimum Gasteiger partial charge on any atom is -0.508 e. The SMILES string of the molecule is CCC(C)(C)C(=O)OC1C2CC3C(=O)OC1C3O2.CCC(C)(C)C(=O)OC1Cc2ccc(O)cc2C1.CCC(C)(C)Oc1ccc(OC(=O)C(C)(C)CC)cc1. The van der Waals surface area contributed by atoms with Gasteiger partial charge in [0, 0.05) is 12.8 Å². The number of hydrogen-bond acceptors (Lipinski definition) is 11. The van der Waals surface area contributed by atoms with Crippen molar-refractivity contribution in [3.63, 3.8) is 0 Å². The molecule has 56 heavy (non-hydrogen) atoms. The summed E-state index contributed by atoms with van der Waals surface area (Å²) >= 11 is 0. The zero-order valence-electron chi connectivity index (χ0n) is 35.5. The smallest absolute Gasteiger partial charge is 0.316 e. The minimum absolute atomic E-state index is 0.0832. The molecule has 6 rings (SSSR count). The van der Waals surface area contributed by atoms with Crippen LogP contribution < -0.4 is 9.47 Å². The van der Waals surface area contributed by atoms with E-state index in [2.05, 4.69) is 6.92 Å². The molecular formula is C45H64O11. The molecule has 0 saturated carbocycles. The molecule has 3 fully saturated rings. The van der Waals surface area contributed by atoms with Gasteiger partial charge in [0.25, 0.3) is 0 Å². The number of esters is 4. The van der Waals surface area contributed by atoms with Gasteiger partial charge in [-0.25, -0.2) is 0 Å². The number of phenols is 1. The first kappa shape index (κ1) is 44.6. The summed E-state index contributed by atoms with van der Waals surface area (Å²) in [5, 5.41) is 9.42. The van der Waals surface area contributed by atoms with E-state index in [-0.39, 0.29) is 59.5 Å². The van der Waals surface area contributed by atoms with Gasteiger partial charge in [0.05, 0.1) is 28.3 Å². The highest BCUT2D eigenvalue weighted by Crippen LogP contribution is 2.48. The standard InChI is InChI=1S/C17H26O3.C15H20O3.C13H18O5/c1-7-16(3,4)15(18)19-13-9-11-14(12-10-13)20-17(5,6)8-2;1-4-15(2,3)14(17)18-13-8-10-5-6-12(16)7-11(10)9-13;1-4-13(2,3)12(15)18-9-7-5-6-8(16-7)10(9)17-11(6)14/h9-12H,7-8H2,1-6H3;5-7,13,16H,4,8-9H2,1-3H3;6-10H,4-5H2,1-3H3. The highest BCUT2D eigenvalue weighted by atomic mass is 16.7. The van der Waals surface area contributed by atoms with Gasteiger partial charge in [-0.15, -0.1) is 0 Å². The summed E-state index contributed by atoms with van der Waals surface area (Å²) in [6.07, 6.45) is 3.95. The van der Waals surface area contributed by atoms with Crippen molar-refractivity contribution in [2.24, 2.45) is 22.2 Å². The van der Waals surface area contributed by atoms with Gasteiger partial charge in [-0.2, -0.15) is 0 Å². The topological polar surface area (TPSA) is 144 Å². The minimum atomic E-state index is -0.510. The predicted octanol–water partition coefficient (Wildman–Crippen LogP) is 8.48. The second-order valence-electron chi connectivity index (χ2n) is 17.9. The Morgan fingerprint density at radius 1 is 0.696 bits per heavy atom. The van der Waals surface area contributed by atoms with Gasteiger partial charge in [-0.05, 0) is 135 Å². The van der Waals surface area contributed by atoms with Crippen LogP contribution in [0.4, 0.5) is 0 Å². The summed E-state index contributed by atoms with van der Waals surface area (Å²) in [7, 11) is 0. The number of carbonyl (C=O) groups excluding carboxylic acids is 4. The number of carbonyl (C=O) groups is 4. The van der Waals surface area contributed by atoms with Crippen molar-refractivity contribution in [2.45, 2.75) is 164 Å². The molecule has 3 saturated heterocycles. The van der Waals surface area contributed by atoms with Gasteiger partial charge >= 0.3 is 23.9 Å². The van der Waals surface area contributed by atoms with Gasteiger partial charge < -0.3 is 33.5 Å². The maximum Gasteiger partial charge on any atom is 0.316 e. The van der Waals surface area contributed by atoms with Crippen LogP contribution in [0.25, 0.3) is 0 Å². The van der Waals surface area contributed by atoms with E-state index in [4.69, 9.17) is 28.4 Å². The molecule has 3 heterocycles. The fourth-order valence-electron chi connectivity index (χ4n) is 6.27. The second-order valence-corrected chi connectivity index (χ2v) is 17.9. The molecule has 3 aliphatic heterocycles. The summed E-state index contributed by atoms with van der Waals surface area (Å²) in [4.78, 5) is 47.6. The summed E-state index contributed by atoms with van der Waals surface area (Å²) in [5.41, 5.74) is 0.671. The van der Waals surface area contributed by atoms with Crippen molar-refractivity contribution in [1.29, 1.82) is 0 Å². The zero-order chi connectivity index (χ0) is 41.8. The van der Waals surface area contributed by atoms with Crippen LogP contribution in [0.5, 0.6) is 17.2 Å². The number of benzene rings is 2. The van der Waals surface area contributed by atoms with Crippen molar-refractivity contribution in [1.82, 2.24) is 0 Å². The molecule has 0 spiro atoms. The Kier molecular flexibility index (Phi) is 14.0. The van der Waals surface area contributed by atoms with Gasteiger partial charge in [0.1, 0.15) is 35.1 Å². The lowest BCUT2D eigenvalue weighted by Gasteiger charge is -2.27. The molecule has 11 heteroatoms. The molecule has 1 aliphatic carbocycles. The number of phenolic OH excluding ortho intramolecular Hbond substituents is 1. The average molecular weight is 781 g/mol. The summed E-state index contributed by atoms with van der Waals surface area (Å²) in [5.74, 6) is 0.675. The van der Waals surface area contributed by atoms with E-state index in [0.29, 0.717) is 25.0 Å². The maximum atomic E-state index is 12.1. The lowest BCUT2D eigenvalue weighted by atomic mass is 9.87. The zero-order valence-corrected chi connectivity index (χ0v) is 35.5. The van der Waals surface area contributed by atoms with Gasteiger partial charge in [-0.3, -0.25) is 19.2 Å². The third kappa shape index (κ3) is 10.6. The highest BCUT2D eigenvalue weighted by Gasteiger charge is 2.65. The lowest BCUT2D eigenvalue weighted by Crippen LogP contribution is -2.42. The van der Waals surface area contributed by atoms with Crippen LogP contribution in [0.1, 0.15) is 126 Å². The van der Waals surface area contributed by atoms with Crippen molar-refractivity contribution >= 4 is 23.9 Å². The van der Waals surface area contributed by atoms with Crippen LogP contribution in [-0.4, -0.2) is 65.1 Å². The molecule has 0 radical (unpaired) electrons. The van der Waals surface area contributed by atoms with E-state index in [9.17, 15) is 24.3 Å². The summed E-state index contributed by atoms with van der Waals surface area (Å²) in [6, 6.07) is 12.5. The van der Waals surface area contributed by atoms with Gasteiger partial charge in [0.2, 0.25) is 0 Å². The maximum absolute atomic E-state index is 12.1. The molecule has 2 aromatic carbocycles. The summed E-state index contributed by atoms with van der Waals surface area (Å²) < 4.78 is 33.3. The second kappa shape index (κ2) is 17.6. The fourth-order valence-corrected chi connectivity index (χ4v) is 6.27. The summed E-state index contributed by atoms with van der Waals surface area (Å²) in [6.45, 7) is 23.4. The Balaban J connectivity index is 0.000000187. The van der Waals surface area contributed by atoms with E-state index < -0.39 is 28.5 Å². The Morgan fingerprint density at radius 3 is 1.80 bits per heavy atom. The number of rotatable bonds is 12. The quantitative estimate of drug-likeness (QED) is 0.126. The van der Waals surface area contributed by atoms with Crippen molar-refractivity contribution in [2.75, 3.05) is 0 Å². The average Bonchev–Trinajstić information content (AvgIpc) is 3.90. The molecule has 4 aliphatic rings. The number of hydrogen-bond donors (Lipinski definition) is 1. The molecule has 6 atom stereocenters. The first-order valence-corrected chi connectivity index (χ1v) is 20.2. The molecule has 2 aromatic rings. The van der Waals surface area contributed by atoms with Crippen LogP contribution in [0.3, 0.4) is 0 Å². The van der Waals surface area contributed by atoms with Crippen LogP contribution in [0.15, 0.2) is 42.5 Å². The van der Waals surface area contributed by atoms with E-state index in [1.54, 1.807) is 24.3 Å². The molecule has 2 bridgehead atoms. The van der Waals surface area contributed by atoms with Crippen molar-refractivity contribution in [3.8, 4) is 17.2 Å². The highest BCUT2D eigenvalue weighted by molar-refractivity contribution is 5.79. The Labute approximate surface area is 333 Å². The van der Waals surface area contributed by atoms with E-state index in [1.165, 1.54) is 5.56 Å². The molecule has 1 N–H and O–H groups in total. The molecule has 310 valence electrons. The van der Waals surface area contributed by atoms with Crippen molar-refractivity contribution in [3.05, 3.63) is 53.6 Å². The normalized spacial score (nSPS) is 23.5. The first-order valence-electron chi connectivity index (χ1n) is 20.2. The third-order valence-electron chi connectivity index (χ3n) is 12.0. The molecular weight excluding hydrogens is 716 g/mol. The van der Waals surface area contributed by atoms with Crippen LogP contribution in [0.2, 0.25) is 0 Å². The Hall–Kier alpha value is -4.12. The van der Waals surface area contributed by atoms with E-state index in [0.717, 1.165) is 37.0 Å². The Morgan fingerprint density at radius 2 is 1.23 bits per heavy atom. The largest absolute Gasteiger partial charge is 0.508 e. The van der Waals surface area contributed by atoms with Crippen LogP contribution >= 0.6 is 0 Å². The number of aromatic hydroxyl groups is 1. The molecule has 6 unspecified atom stereocenters. The first-order chi connectivity index (χ1) is 26.1. The van der Waals surface area contributed by atoms with Crippen LogP contribution in [0, 0.1) is 22.2 Å². The van der Waals surface area contributed by atoms with Gasteiger partial charge in [0.15, 0.2) is 12.2 Å². The molecule has 0 amide bonds.